The Bertz CT molecular complexity index is 596. The molecule has 0 spiro atoms. The van der Waals surface area contributed by atoms with Crippen LogP contribution in [0.3, 0.4) is 0 Å². The number of oxime groups is 1. The van der Waals surface area contributed by atoms with E-state index in [2.05, 4.69) is 5.16 Å². The van der Waals surface area contributed by atoms with Crippen molar-refractivity contribution < 1.29 is 23.9 Å². The average Bonchev–Trinajstić information content (AvgIpc) is 2.96. The summed E-state index contributed by atoms with van der Waals surface area (Å²) in [6.45, 7) is 0.910. The van der Waals surface area contributed by atoms with Crippen molar-refractivity contribution in [2.75, 3.05) is 13.2 Å². The molecule has 0 bridgehead atoms. The third-order valence-corrected chi connectivity index (χ3v) is 4.41. The second-order valence-corrected chi connectivity index (χ2v) is 5.88. The molecule has 5 nitrogen and oxygen atoms in total. The summed E-state index contributed by atoms with van der Waals surface area (Å²) in [7, 11) is 0. The first-order chi connectivity index (χ1) is 10.6. The molecule has 0 aromatic heterocycles. The van der Waals surface area contributed by atoms with Gasteiger partial charge in [-0.25, -0.2) is 4.39 Å². The van der Waals surface area contributed by atoms with Crippen LogP contribution < -0.4 is 0 Å². The van der Waals surface area contributed by atoms with Gasteiger partial charge in [-0.05, 0) is 25.0 Å². The molecule has 22 heavy (non-hydrogen) atoms. The number of hydrogen-bond acceptors (Lipinski definition) is 4. The lowest BCUT2D eigenvalue weighted by atomic mass is 9.75. The molecule has 1 atom stereocenters. The van der Waals surface area contributed by atoms with E-state index in [9.17, 15) is 14.3 Å². The van der Waals surface area contributed by atoms with Gasteiger partial charge in [0.1, 0.15) is 11.9 Å². The van der Waals surface area contributed by atoms with Crippen LogP contribution in [0.4, 0.5) is 4.39 Å². The number of benzene rings is 1. The van der Waals surface area contributed by atoms with Crippen LogP contribution >= 0.6 is 0 Å². The Hall–Kier alpha value is -1.95. The van der Waals surface area contributed by atoms with Gasteiger partial charge in [-0.2, -0.15) is 0 Å². The summed E-state index contributed by atoms with van der Waals surface area (Å²) in [6, 6.07) is 6.18. The lowest BCUT2D eigenvalue weighted by Crippen LogP contribution is -2.40. The fourth-order valence-electron chi connectivity index (χ4n) is 3.08. The zero-order valence-electron chi connectivity index (χ0n) is 12.1. The fourth-order valence-corrected chi connectivity index (χ4v) is 3.08. The molecule has 1 aromatic carbocycles. The largest absolute Gasteiger partial charge is 0.481 e. The lowest BCUT2D eigenvalue weighted by molar-refractivity contribution is -0.158. The van der Waals surface area contributed by atoms with Crippen molar-refractivity contribution in [3.63, 3.8) is 0 Å². The molecule has 1 aromatic rings. The quantitative estimate of drug-likeness (QED) is 0.928. The van der Waals surface area contributed by atoms with Crippen molar-refractivity contribution in [2.45, 2.75) is 31.8 Å². The first kappa shape index (κ1) is 15.0. The first-order valence-corrected chi connectivity index (χ1v) is 7.39. The van der Waals surface area contributed by atoms with Crippen LogP contribution in [0, 0.1) is 11.2 Å². The van der Waals surface area contributed by atoms with E-state index in [-0.39, 0.29) is 11.9 Å². The Morgan fingerprint density at radius 1 is 1.41 bits per heavy atom. The number of carboxylic acid groups (broad SMARTS) is 1. The Morgan fingerprint density at radius 2 is 2.18 bits per heavy atom. The molecule has 0 amide bonds. The van der Waals surface area contributed by atoms with Gasteiger partial charge in [0.25, 0.3) is 0 Å². The van der Waals surface area contributed by atoms with Crippen molar-refractivity contribution in [1.29, 1.82) is 0 Å². The van der Waals surface area contributed by atoms with Gasteiger partial charge in [0.15, 0.2) is 0 Å². The van der Waals surface area contributed by atoms with Gasteiger partial charge in [-0.1, -0.05) is 17.3 Å². The molecule has 0 radical (unpaired) electrons. The molecule has 118 valence electrons. The van der Waals surface area contributed by atoms with E-state index >= 15 is 0 Å². The molecule has 6 heteroatoms. The van der Waals surface area contributed by atoms with E-state index in [0.29, 0.717) is 50.2 Å². The summed E-state index contributed by atoms with van der Waals surface area (Å²) in [5.74, 6) is -1.13. The number of hydrogen-bond donors (Lipinski definition) is 1. The molecule has 3 rings (SSSR count). The van der Waals surface area contributed by atoms with Gasteiger partial charge in [0, 0.05) is 31.6 Å². The van der Waals surface area contributed by atoms with Gasteiger partial charge in [-0.3, -0.25) is 4.79 Å². The van der Waals surface area contributed by atoms with Gasteiger partial charge < -0.3 is 14.7 Å². The summed E-state index contributed by atoms with van der Waals surface area (Å²) in [5.41, 5.74) is 0.534. The van der Waals surface area contributed by atoms with Crippen molar-refractivity contribution in [2.24, 2.45) is 10.6 Å². The zero-order chi connectivity index (χ0) is 15.6. The summed E-state index contributed by atoms with van der Waals surface area (Å²) < 4.78 is 18.5. The maximum Gasteiger partial charge on any atom is 0.309 e. The monoisotopic (exact) mass is 307 g/mol. The number of carboxylic acids is 1. The number of nitrogens with zero attached hydrogens (tertiary/aromatic N) is 1. The summed E-state index contributed by atoms with van der Waals surface area (Å²) in [4.78, 5) is 17.1. The average molecular weight is 307 g/mol. The highest BCUT2D eigenvalue weighted by atomic mass is 19.1. The molecule has 1 fully saturated rings. The molecule has 2 aliphatic rings. The van der Waals surface area contributed by atoms with E-state index in [1.165, 1.54) is 12.1 Å². The summed E-state index contributed by atoms with van der Waals surface area (Å²) in [6.07, 6.45) is 1.58. The second kappa shape index (κ2) is 6.04. The Balaban J connectivity index is 1.67. The van der Waals surface area contributed by atoms with Crippen LogP contribution in [-0.2, 0) is 14.4 Å². The minimum absolute atomic E-state index is 0.285. The fraction of sp³-hybridized carbons (Fsp3) is 0.500. The molecule has 2 aliphatic heterocycles. The molecule has 0 saturated carbocycles. The highest BCUT2D eigenvalue weighted by molar-refractivity contribution is 6.01. The zero-order valence-corrected chi connectivity index (χ0v) is 12.1. The molecule has 1 N–H and O–H groups in total. The predicted octanol–water partition coefficient (Wildman–Crippen LogP) is 2.59. The van der Waals surface area contributed by atoms with Crippen molar-refractivity contribution in [3.8, 4) is 0 Å². The normalized spacial score (nSPS) is 23.7. The van der Waals surface area contributed by atoms with Gasteiger partial charge in [0.05, 0.1) is 11.1 Å². The van der Waals surface area contributed by atoms with Crippen LogP contribution in [0.2, 0.25) is 0 Å². The van der Waals surface area contributed by atoms with E-state index in [1.54, 1.807) is 12.1 Å². The van der Waals surface area contributed by atoms with Gasteiger partial charge in [-0.15, -0.1) is 0 Å². The van der Waals surface area contributed by atoms with Crippen LogP contribution in [0.1, 0.15) is 31.2 Å². The van der Waals surface area contributed by atoms with E-state index in [1.807, 2.05) is 0 Å². The molecule has 0 aliphatic carbocycles. The highest BCUT2D eigenvalue weighted by Crippen LogP contribution is 2.38. The van der Waals surface area contributed by atoms with Crippen LogP contribution in [0.25, 0.3) is 0 Å². The van der Waals surface area contributed by atoms with Crippen LogP contribution in [0.5, 0.6) is 0 Å². The van der Waals surface area contributed by atoms with Crippen molar-refractivity contribution in [3.05, 3.63) is 35.6 Å². The Labute approximate surface area is 127 Å². The SMILES string of the molecule is O=C(O)C1(C[C@@H]2CC(c3cccc(F)c3)=NO2)CCOCC1. The Morgan fingerprint density at radius 3 is 2.86 bits per heavy atom. The van der Waals surface area contributed by atoms with Crippen molar-refractivity contribution >= 4 is 11.7 Å². The smallest absolute Gasteiger partial charge is 0.309 e. The first-order valence-electron chi connectivity index (χ1n) is 7.39. The standard InChI is InChI=1S/C16H18FNO4/c17-12-3-1-2-11(8-12)14-9-13(22-18-14)10-16(15(19)20)4-6-21-7-5-16/h1-3,8,13H,4-7,9-10H2,(H,19,20)/t13-/m0/s1. The number of aliphatic carboxylic acids is 1. The number of rotatable bonds is 4. The van der Waals surface area contributed by atoms with Crippen LogP contribution in [-0.4, -0.2) is 36.1 Å². The summed E-state index contributed by atoms with van der Waals surface area (Å²) >= 11 is 0. The highest BCUT2D eigenvalue weighted by Gasteiger charge is 2.43. The van der Waals surface area contributed by atoms with Gasteiger partial charge >= 0.3 is 5.97 Å². The lowest BCUT2D eigenvalue weighted by Gasteiger charge is -2.34. The Kier molecular flexibility index (Phi) is 4.11. The summed E-state index contributed by atoms with van der Waals surface area (Å²) in [5, 5.41) is 13.6. The molecular formula is C16H18FNO4. The maximum atomic E-state index is 13.3. The number of ether oxygens (including phenoxy) is 1. The predicted molar refractivity (Wildman–Crippen MR) is 77.2 cm³/mol. The molecule has 0 unspecified atom stereocenters. The third-order valence-electron chi connectivity index (χ3n) is 4.41. The minimum Gasteiger partial charge on any atom is -0.481 e. The minimum atomic E-state index is -0.810. The van der Waals surface area contributed by atoms with Crippen molar-refractivity contribution in [1.82, 2.24) is 0 Å². The second-order valence-electron chi connectivity index (χ2n) is 5.88. The molecule has 2 heterocycles. The number of carbonyl (C=O) groups is 1. The third kappa shape index (κ3) is 2.97. The topological polar surface area (TPSA) is 68.1 Å². The number of halogens is 1. The molecular weight excluding hydrogens is 289 g/mol. The van der Waals surface area contributed by atoms with Crippen LogP contribution in [0.15, 0.2) is 29.4 Å². The molecule has 1 saturated heterocycles. The van der Waals surface area contributed by atoms with E-state index in [0.717, 1.165) is 0 Å². The van der Waals surface area contributed by atoms with E-state index in [4.69, 9.17) is 9.57 Å². The maximum absolute atomic E-state index is 13.3. The van der Waals surface area contributed by atoms with E-state index < -0.39 is 11.4 Å². The van der Waals surface area contributed by atoms with Gasteiger partial charge in [0.2, 0.25) is 0 Å².